The van der Waals surface area contributed by atoms with E-state index in [0.717, 1.165) is 12.2 Å². The summed E-state index contributed by atoms with van der Waals surface area (Å²) in [5, 5.41) is 0.456. The first-order valence-corrected chi connectivity index (χ1v) is 9.52. The zero-order valence-electron chi connectivity index (χ0n) is 15.1. The van der Waals surface area contributed by atoms with Crippen LogP contribution in [-0.4, -0.2) is 54.4 Å². The number of halogens is 1. The summed E-state index contributed by atoms with van der Waals surface area (Å²) in [5.41, 5.74) is 0.509. The van der Waals surface area contributed by atoms with Crippen LogP contribution in [0.1, 0.15) is 23.2 Å². The first-order chi connectivity index (χ1) is 13.1. The van der Waals surface area contributed by atoms with E-state index in [1.807, 2.05) is 35.2 Å². The number of rotatable bonds is 5. The summed E-state index contributed by atoms with van der Waals surface area (Å²) in [6.07, 6.45) is 1.08. The first kappa shape index (κ1) is 19.2. The average Bonchev–Trinajstić information content (AvgIpc) is 2.95. The molecule has 1 fully saturated rings. The largest absolute Gasteiger partial charge is 0.493 e. The molecule has 6 heteroatoms. The van der Waals surface area contributed by atoms with Gasteiger partial charge in [-0.15, -0.1) is 0 Å². The van der Waals surface area contributed by atoms with Gasteiger partial charge in [0.05, 0.1) is 23.6 Å². The van der Waals surface area contributed by atoms with Crippen LogP contribution >= 0.6 is 11.6 Å². The van der Waals surface area contributed by atoms with Gasteiger partial charge < -0.3 is 14.5 Å². The van der Waals surface area contributed by atoms with Crippen LogP contribution in [0.15, 0.2) is 54.6 Å². The fourth-order valence-electron chi connectivity index (χ4n) is 3.11. The number of amides is 2. The average molecular weight is 387 g/mol. The van der Waals surface area contributed by atoms with Crippen LogP contribution in [0.2, 0.25) is 5.02 Å². The van der Waals surface area contributed by atoms with Crippen LogP contribution in [0.5, 0.6) is 5.75 Å². The lowest BCUT2D eigenvalue weighted by Crippen LogP contribution is -2.37. The molecule has 0 aromatic heterocycles. The van der Waals surface area contributed by atoms with Gasteiger partial charge in [0.2, 0.25) is 5.91 Å². The van der Waals surface area contributed by atoms with Crippen LogP contribution in [-0.2, 0) is 4.79 Å². The maximum Gasteiger partial charge on any atom is 0.255 e. The summed E-state index contributed by atoms with van der Waals surface area (Å²) in [4.78, 5) is 28.7. The standard InChI is InChI=1S/C21H23ClN2O3/c22-19-10-5-4-9-18(19)21(26)24-13-6-12-23(14-15-24)20(25)11-16-27-17-7-2-1-3-8-17/h1-5,7-10H,6,11-16H2. The third kappa shape index (κ3) is 5.23. The molecule has 0 radical (unpaired) electrons. The lowest BCUT2D eigenvalue weighted by atomic mass is 10.2. The van der Waals surface area contributed by atoms with Crippen LogP contribution in [0, 0.1) is 0 Å². The molecule has 0 atom stereocenters. The van der Waals surface area contributed by atoms with Crippen molar-refractivity contribution in [1.82, 2.24) is 9.80 Å². The third-order valence-corrected chi connectivity index (χ3v) is 4.90. The van der Waals surface area contributed by atoms with Crippen molar-refractivity contribution in [3.8, 4) is 5.75 Å². The molecule has 1 aliphatic heterocycles. The van der Waals surface area contributed by atoms with E-state index >= 15 is 0 Å². The molecule has 1 aliphatic rings. The van der Waals surface area contributed by atoms with Gasteiger partial charge in [0, 0.05) is 26.2 Å². The molecule has 0 bridgehead atoms. The minimum absolute atomic E-state index is 0.0537. The second-order valence-electron chi connectivity index (χ2n) is 6.42. The number of hydrogen-bond acceptors (Lipinski definition) is 3. The van der Waals surface area contributed by atoms with E-state index in [-0.39, 0.29) is 11.8 Å². The van der Waals surface area contributed by atoms with Crippen LogP contribution < -0.4 is 4.74 Å². The number of nitrogens with zero attached hydrogens (tertiary/aromatic N) is 2. The minimum atomic E-state index is -0.0812. The fraction of sp³-hybridized carbons (Fsp3) is 0.333. The molecule has 2 aromatic rings. The number of ether oxygens (including phenoxy) is 1. The van der Waals surface area contributed by atoms with E-state index in [9.17, 15) is 9.59 Å². The van der Waals surface area contributed by atoms with Crippen LogP contribution in [0.4, 0.5) is 0 Å². The Bertz CT molecular complexity index is 782. The van der Waals surface area contributed by atoms with E-state index in [2.05, 4.69) is 0 Å². The van der Waals surface area contributed by atoms with Gasteiger partial charge in [-0.25, -0.2) is 0 Å². The molecule has 2 aromatic carbocycles. The Kier molecular flexibility index (Phi) is 6.71. The van der Waals surface area contributed by atoms with Crippen molar-refractivity contribution >= 4 is 23.4 Å². The molecule has 0 unspecified atom stereocenters. The molecular formula is C21H23ClN2O3. The van der Waals surface area contributed by atoms with Gasteiger partial charge in [-0.2, -0.15) is 0 Å². The van der Waals surface area contributed by atoms with Gasteiger partial charge >= 0.3 is 0 Å². The molecule has 1 saturated heterocycles. The van der Waals surface area contributed by atoms with Gasteiger partial charge in [0.25, 0.3) is 5.91 Å². The minimum Gasteiger partial charge on any atom is -0.493 e. The summed E-state index contributed by atoms with van der Waals surface area (Å²) in [6.45, 7) is 2.65. The predicted octanol–water partition coefficient (Wildman–Crippen LogP) is 3.48. The Balaban J connectivity index is 1.49. The Morgan fingerprint density at radius 1 is 0.889 bits per heavy atom. The Morgan fingerprint density at radius 3 is 2.33 bits per heavy atom. The molecular weight excluding hydrogens is 364 g/mol. The van der Waals surface area contributed by atoms with E-state index in [1.54, 1.807) is 29.2 Å². The molecule has 0 aliphatic carbocycles. The maximum atomic E-state index is 12.7. The van der Waals surface area contributed by atoms with Crippen molar-refractivity contribution in [2.75, 3.05) is 32.8 Å². The Morgan fingerprint density at radius 2 is 1.56 bits per heavy atom. The molecule has 0 spiro atoms. The second-order valence-corrected chi connectivity index (χ2v) is 6.83. The monoisotopic (exact) mass is 386 g/mol. The topological polar surface area (TPSA) is 49.9 Å². The lowest BCUT2D eigenvalue weighted by molar-refractivity contribution is -0.131. The van der Waals surface area contributed by atoms with Crippen LogP contribution in [0.25, 0.3) is 0 Å². The van der Waals surface area contributed by atoms with Crippen molar-refractivity contribution in [2.45, 2.75) is 12.8 Å². The molecule has 2 amide bonds. The van der Waals surface area contributed by atoms with Crippen molar-refractivity contribution in [2.24, 2.45) is 0 Å². The highest BCUT2D eigenvalue weighted by Crippen LogP contribution is 2.18. The summed E-state index contributed by atoms with van der Waals surface area (Å²) in [5.74, 6) is 0.734. The fourth-order valence-corrected chi connectivity index (χ4v) is 3.32. The number of benzene rings is 2. The molecule has 5 nitrogen and oxygen atoms in total. The second kappa shape index (κ2) is 9.42. The van der Waals surface area contributed by atoms with Gasteiger partial charge in [-0.1, -0.05) is 41.9 Å². The highest BCUT2D eigenvalue weighted by Gasteiger charge is 2.23. The predicted molar refractivity (Wildman–Crippen MR) is 105 cm³/mol. The summed E-state index contributed by atoms with van der Waals surface area (Å²) < 4.78 is 5.60. The summed E-state index contributed by atoms with van der Waals surface area (Å²) >= 11 is 6.14. The van der Waals surface area contributed by atoms with Crippen molar-refractivity contribution in [3.05, 3.63) is 65.2 Å². The Labute approximate surface area is 164 Å². The van der Waals surface area contributed by atoms with Crippen molar-refractivity contribution in [3.63, 3.8) is 0 Å². The van der Waals surface area contributed by atoms with E-state index in [0.29, 0.717) is 49.8 Å². The lowest BCUT2D eigenvalue weighted by Gasteiger charge is -2.22. The summed E-state index contributed by atoms with van der Waals surface area (Å²) in [7, 11) is 0. The van der Waals surface area contributed by atoms with E-state index in [1.165, 1.54) is 0 Å². The smallest absolute Gasteiger partial charge is 0.255 e. The van der Waals surface area contributed by atoms with Crippen molar-refractivity contribution in [1.29, 1.82) is 0 Å². The van der Waals surface area contributed by atoms with Gasteiger partial charge in [-0.3, -0.25) is 9.59 Å². The number of carbonyl (C=O) groups excluding carboxylic acids is 2. The zero-order valence-corrected chi connectivity index (χ0v) is 15.9. The molecule has 0 saturated carbocycles. The van der Waals surface area contributed by atoms with Crippen LogP contribution in [0.3, 0.4) is 0 Å². The zero-order chi connectivity index (χ0) is 19.1. The molecule has 0 N–H and O–H groups in total. The number of hydrogen-bond donors (Lipinski definition) is 0. The SMILES string of the molecule is O=C(CCOc1ccccc1)N1CCCN(C(=O)c2ccccc2Cl)CC1. The highest BCUT2D eigenvalue weighted by molar-refractivity contribution is 6.33. The molecule has 3 rings (SSSR count). The van der Waals surface area contributed by atoms with Crippen molar-refractivity contribution < 1.29 is 14.3 Å². The van der Waals surface area contributed by atoms with E-state index < -0.39 is 0 Å². The highest BCUT2D eigenvalue weighted by atomic mass is 35.5. The quantitative estimate of drug-likeness (QED) is 0.790. The normalized spacial score (nSPS) is 14.6. The van der Waals surface area contributed by atoms with Gasteiger partial charge in [-0.05, 0) is 30.7 Å². The Hall–Kier alpha value is -2.53. The summed E-state index contributed by atoms with van der Waals surface area (Å²) in [6, 6.07) is 16.5. The molecule has 27 heavy (non-hydrogen) atoms. The maximum absolute atomic E-state index is 12.7. The van der Waals surface area contributed by atoms with Gasteiger partial charge in [0.1, 0.15) is 5.75 Å². The van der Waals surface area contributed by atoms with E-state index in [4.69, 9.17) is 16.3 Å². The number of carbonyl (C=O) groups is 2. The third-order valence-electron chi connectivity index (χ3n) is 4.57. The number of para-hydroxylation sites is 1. The molecule has 142 valence electrons. The first-order valence-electron chi connectivity index (χ1n) is 9.14. The van der Waals surface area contributed by atoms with Gasteiger partial charge in [0.15, 0.2) is 0 Å². The molecule has 1 heterocycles.